The highest BCUT2D eigenvalue weighted by Crippen LogP contribution is 2.28. The van der Waals surface area contributed by atoms with Crippen LogP contribution in [0.4, 0.5) is 5.69 Å². The van der Waals surface area contributed by atoms with Crippen LogP contribution in [0.2, 0.25) is 0 Å². The van der Waals surface area contributed by atoms with Crippen molar-refractivity contribution in [3.63, 3.8) is 0 Å². The van der Waals surface area contributed by atoms with Crippen LogP contribution >= 0.6 is 15.9 Å². The first kappa shape index (κ1) is 13.8. The molecule has 0 aromatic heterocycles. The maximum Gasteiger partial charge on any atom is 0.244 e. The molecule has 1 unspecified atom stereocenters. The Morgan fingerprint density at radius 2 is 2.12 bits per heavy atom. The lowest BCUT2D eigenvalue weighted by molar-refractivity contribution is -0.129. The van der Waals surface area contributed by atoms with Crippen LogP contribution < -0.4 is 10.1 Å². The van der Waals surface area contributed by atoms with Gasteiger partial charge in [-0.05, 0) is 35.0 Å². The van der Waals surface area contributed by atoms with E-state index in [4.69, 9.17) is 4.74 Å². The summed E-state index contributed by atoms with van der Waals surface area (Å²) >= 11 is 3.38. The molecule has 94 valence electrons. The van der Waals surface area contributed by atoms with E-state index in [-0.39, 0.29) is 11.9 Å². The number of ether oxygens (including phenoxy) is 1. The van der Waals surface area contributed by atoms with Crippen molar-refractivity contribution >= 4 is 27.5 Å². The third-order valence-corrected chi connectivity index (χ3v) is 3.00. The molecule has 17 heavy (non-hydrogen) atoms. The van der Waals surface area contributed by atoms with Crippen LogP contribution in [-0.2, 0) is 4.79 Å². The maximum atomic E-state index is 11.7. The van der Waals surface area contributed by atoms with Crippen LogP contribution in [0.1, 0.15) is 6.92 Å². The van der Waals surface area contributed by atoms with Crippen LogP contribution in [0, 0.1) is 0 Å². The molecule has 0 fully saturated rings. The summed E-state index contributed by atoms with van der Waals surface area (Å²) in [7, 11) is 5.09. The second-order valence-corrected chi connectivity index (χ2v) is 4.80. The first-order valence-corrected chi connectivity index (χ1v) is 6.06. The molecule has 0 spiro atoms. The lowest BCUT2D eigenvalue weighted by Crippen LogP contribution is -2.36. The van der Waals surface area contributed by atoms with E-state index in [9.17, 15) is 4.79 Å². The zero-order chi connectivity index (χ0) is 13.0. The number of anilines is 1. The first-order valence-electron chi connectivity index (χ1n) is 5.27. The van der Waals surface area contributed by atoms with Gasteiger partial charge >= 0.3 is 0 Å². The second kappa shape index (κ2) is 5.91. The normalized spacial score (nSPS) is 11.8. The van der Waals surface area contributed by atoms with Gasteiger partial charge in [0.25, 0.3) is 0 Å². The van der Waals surface area contributed by atoms with Gasteiger partial charge in [-0.1, -0.05) is 0 Å². The minimum absolute atomic E-state index is 0.0342. The van der Waals surface area contributed by atoms with E-state index in [1.54, 1.807) is 26.1 Å². The van der Waals surface area contributed by atoms with Crippen molar-refractivity contribution in [3.05, 3.63) is 22.7 Å². The molecule has 0 saturated carbocycles. The fraction of sp³-hybridized carbons (Fsp3) is 0.417. The zero-order valence-electron chi connectivity index (χ0n) is 10.5. The molecule has 0 radical (unpaired) electrons. The third-order valence-electron chi connectivity index (χ3n) is 2.35. The highest BCUT2D eigenvalue weighted by molar-refractivity contribution is 9.10. The Kier molecular flexibility index (Phi) is 4.81. The van der Waals surface area contributed by atoms with Crippen molar-refractivity contribution in [2.24, 2.45) is 0 Å². The number of carbonyl (C=O) groups is 1. The summed E-state index contributed by atoms with van der Waals surface area (Å²) in [4.78, 5) is 13.3. The fourth-order valence-electron chi connectivity index (χ4n) is 1.45. The predicted molar refractivity (Wildman–Crippen MR) is 72.5 cm³/mol. The summed E-state index contributed by atoms with van der Waals surface area (Å²) in [5, 5.41) is 3.13. The molecule has 1 amide bonds. The van der Waals surface area contributed by atoms with Crippen molar-refractivity contribution in [1.82, 2.24) is 4.90 Å². The van der Waals surface area contributed by atoms with Crippen molar-refractivity contribution < 1.29 is 9.53 Å². The molecular weight excluding hydrogens is 284 g/mol. The Labute approximate surface area is 110 Å². The molecule has 1 N–H and O–H groups in total. The van der Waals surface area contributed by atoms with Crippen LogP contribution in [0.3, 0.4) is 0 Å². The minimum Gasteiger partial charge on any atom is -0.495 e. The van der Waals surface area contributed by atoms with E-state index < -0.39 is 0 Å². The molecule has 0 bridgehead atoms. The molecule has 0 heterocycles. The fourth-order valence-corrected chi connectivity index (χ4v) is 1.86. The minimum atomic E-state index is -0.268. The number of methoxy groups -OCH3 is 1. The van der Waals surface area contributed by atoms with Gasteiger partial charge in [0.05, 0.1) is 11.6 Å². The smallest absolute Gasteiger partial charge is 0.244 e. The molecule has 0 aliphatic heterocycles. The number of nitrogens with zero attached hydrogens (tertiary/aromatic N) is 1. The topological polar surface area (TPSA) is 41.6 Å². The SMILES string of the molecule is COc1cc(NC(C)C(=O)N(C)C)ccc1Br. The van der Waals surface area contributed by atoms with E-state index in [1.807, 2.05) is 25.1 Å². The number of halogens is 1. The highest BCUT2D eigenvalue weighted by atomic mass is 79.9. The number of likely N-dealkylation sites (N-methyl/N-ethyl adjacent to an activating group) is 1. The van der Waals surface area contributed by atoms with E-state index in [2.05, 4.69) is 21.2 Å². The van der Waals surface area contributed by atoms with E-state index >= 15 is 0 Å². The van der Waals surface area contributed by atoms with Crippen LogP contribution in [0.15, 0.2) is 22.7 Å². The summed E-state index contributed by atoms with van der Waals surface area (Å²) in [5.74, 6) is 0.770. The van der Waals surface area contributed by atoms with Gasteiger partial charge in [-0.2, -0.15) is 0 Å². The number of rotatable bonds is 4. The second-order valence-electron chi connectivity index (χ2n) is 3.95. The molecule has 1 rings (SSSR count). The van der Waals surface area contributed by atoms with Gasteiger partial charge in [0.15, 0.2) is 0 Å². The first-order chi connectivity index (χ1) is 7.95. The molecule has 1 atom stereocenters. The average molecular weight is 301 g/mol. The lowest BCUT2D eigenvalue weighted by atomic mass is 10.2. The van der Waals surface area contributed by atoms with E-state index in [0.717, 1.165) is 15.9 Å². The van der Waals surface area contributed by atoms with Crippen LogP contribution in [0.25, 0.3) is 0 Å². The number of hydrogen-bond acceptors (Lipinski definition) is 3. The largest absolute Gasteiger partial charge is 0.495 e. The molecule has 0 aliphatic carbocycles. The molecule has 4 nitrogen and oxygen atoms in total. The Bertz CT molecular complexity index is 407. The van der Waals surface area contributed by atoms with E-state index in [0.29, 0.717) is 0 Å². The maximum absolute atomic E-state index is 11.7. The van der Waals surface area contributed by atoms with Gasteiger partial charge in [-0.3, -0.25) is 4.79 Å². The Morgan fingerprint density at radius 3 is 2.65 bits per heavy atom. The summed E-state index contributed by atoms with van der Waals surface area (Å²) in [6.45, 7) is 1.83. The third kappa shape index (κ3) is 3.63. The number of carbonyl (C=O) groups excluding carboxylic acids is 1. The summed E-state index contributed by atoms with van der Waals surface area (Å²) in [6, 6.07) is 5.36. The van der Waals surface area contributed by atoms with Crippen LogP contribution in [0.5, 0.6) is 5.75 Å². The van der Waals surface area contributed by atoms with Gasteiger partial charge in [0.2, 0.25) is 5.91 Å². The Morgan fingerprint density at radius 1 is 1.47 bits per heavy atom. The van der Waals surface area contributed by atoms with Gasteiger partial charge in [-0.25, -0.2) is 0 Å². The number of nitrogens with one attached hydrogen (secondary N) is 1. The lowest BCUT2D eigenvalue weighted by Gasteiger charge is -2.19. The molecular formula is C12H17BrN2O2. The predicted octanol–water partition coefficient (Wildman–Crippen LogP) is 2.35. The van der Waals surface area contributed by atoms with Crippen molar-refractivity contribution in [3.8, 4) is 5.75 Å². The zero-order valence-corrected chi connectivity index (χ0v) is 12.0. The monoisotopic (exact) mass is 300 g/mol. The highest BCUT2D eigenvalue weighted by Gasteiger charge is 2.14. The number of benzene rings is 1. The Balaban J connectivity index is 2.78. The average Bonchev–Trinajstić information content (AvgIpc) is 2.30. The Hall–Kier alpha value is -1.23. The van der Waals surface area contributed by atoms with Crippen molar-refractivity contribution in [2.45, 2.75) is 13.0 Å². The molecule has 0 aliphatic rings. The van der Waals surface area contributed by atoms with Gasteiger partial charge in [-0.15, -0.1) is 0 Å². The molecule has 5 heteroatoms. The van der Waals surface area contributed by atoms with Crippen molar-refractivity contribution in [2.75, 3.05) is 26.5 Å². The molecule has 1 aromatic carbocycles. The van der Waals surface area contributed by atoms with Gasteiger partial charge in [0.1, 0.15) is 11.8 Å². The van der Waals surface area contributed by atoms with E-state index in [1.165, 1.54) is 0 Å². The number of amides is 1. The summed E-state index contributed by atoms with van der Waals surface area (Å²) in [5.41, 5.74) is 0.854. The summed E-state index contributed by atoms with van der Waals surface area (Å²) < 4.78 is 6.08. The summed E-state index contributed by atoms with van der Waals surface area (Å²) in [6.07, 6.45) is 0. The molecule has 1 aromatic rings. The standard InChI is InChI=1S/C12H17BrN2O2/c1-8(12(16)15(2)3)14-9-5-6-10(13)11(7-9)17-4/h5-8,14H,1-4H3. The van der Waals surface area contributed by atoms with Gasteiger partial charge < -0.3 is 15.0 Å². The van der Waals surface area contributed by atoms with Crippen molar-refractivity contribution in [1.29, 1.82) is 0 Å². The quantitative estimate of drug-likeness (QED) is 0.928. The number of hydrogen-bond donors (Lipinski definition) is 1. The molecule has 0 saturated heterocycles. The van der Waals surface area contributed by atoms with Gasteiger partial charge in [0, 0.05) is 25.8 Å². The van der Waals surface area contributed by atoms with Crippen LogP contribution in [-0.4, -0.2) is 38.1 Å².